The monoisotopic (exact) mass is 532 g/mol. The lowest BCUT2D eigenvalue weighted by Gasteiger charge is -2.17. The third-order valence-electron chi connectivity index (χ3n) is 5.32. The Labute approximate surface area is 215 Å². The SMILES string of the molecule is COc1ccc(-c2[o+]c(-c3ccc(OC)c(OC)c3)cc3cc(OC)c(OC)cc23)cc1.[O-][Cl+3]([O-])([O-])[O-]. The van der Waals surface area contributed by atoms with Crippen LogP contribution in [0.15, 0.2) is 65.1 Å². The second-order valence-corrected chi connectivity index (χ2v) is 8.17. The van der Waals surface area contributed by atoms with E-state index in [9.17, 15) is 0 Å². The standard InChI is InChI=1S/C26H25O6.ClHO4/c1-27-19-9-6-16(7-10-19)26-20-15-25(31-5)24(30-4)14-18(20)13-22(32-26)17-8-11-21(28-2)23(12-17)29-3;2-1(3,4)5/h6-15H,1-5H3;(H,2,3,4,5)/q+1;/p-1. The zero-order valence-corrected chi connectivity index (χ0v) is 21.5. The number of benzene rings is 3. The summed E-state index contributed by atoms with van der Waals surface area (Å²) in [5.41, 5.74) is 1.76. The van der Waals surface area contributed by atoms with Gasteiger partial charge in [-0.3, -0.25) is 0 Å². The molecule has 0 aliphatic rings. The molecule has 11 heteroatoms. The molecule has 0 aliphatic carbocycles. The zero-order chi connectivity index (χ0) is 27.2. The van der Waals surface area contributed by atoms with Crippen molar-refractivity contribution in [2.75, 3.05) is 35.5 Å². The number of hydrogen-bond donors (Lipinski definition) is 0. The largest absolute Gasteiger partial charge is 0.497 e. The van der Waals surface area contributed by atoms with Crippen molar-refractivity contribution < 1.29 is 57.0 Å². The second-order valence-electron chi connectivity index (χ2n) is 7.41. The van der Waals surface area contributed by atoms with Crippen molar-refractivity contribution >= 4 is 10.8 Å². The molecule has 0 spiro atoms. The summed E-state index contributed by atoms with van der Waals surface area (Å²) >= 11 is 0. The Bertz CT molecular complexity index is 1340. The van der Waals surface area contributed by atoms with Crippen molar-refractivity contribution in [1.29, 1.82) is 0 Å². The summed E-state index contributed by atoms with van der Waals surface area (Å²) in [4.78, 5) is 0. The van der Waals surface area contributed by atoms with E-state index in [0.717, 1.165) is 27.6 Å². The van der Waals surface area contributed by atoms with Gasteiger partial charge in [0.1, 0.15) is 5.75 Å². The number of halogens is 1. The van der Waals surface area contributed by atoms with Gasteiger partial charge in [0.15, 0.2) is 23.0 Å². The highest BCUT2D eigenvalue weighted by Gasteiger charge is 2.25. The Hall–Kier alpha value is -3.80. The minimum absolute atomic E-state index is 0.624. The van der Waals surface area contributed by atoms with Crippen LogP contribution in [-0.4, -0.2) is 35.5 Å². The average Bonchev–Trinajstić information content (AvgIpc) is 2.90. The molecule has 1 aromatic heterocycles. The highest BCUT2D eigenvalue weighted by Crippen LogP contribution is 2.41. The fourth-order valence-electron chi connectivity index (χ4n) is 3.63. The number of methoxy groups -OCH3 is 5. The Morgan fingerprint density at radius 1 is 0.568 bits per heavy atom. The molecule has 4 rings (SSSR count). The van der Waals surface area contributed by atoms with Crippen LogP contribution in [0.3, 0.4) is 0 Å². The molecule has 4 aromatic rings. The van der Waals surface area contributed by atoms with Crippen LogP contribution in [0.4, 0.5) is 0 Å². The third kappa shape index (κ3) is 6.91. The molecule has 0 atom stereocenters. The lowest BCUT2D eigenvalue weighted by atomic mass is 10.0. The maximum atomic E-state index is 8.49. The summed E-state index contributed by atoms with van der Waals surface area (Å²) in [6.45, 7) is 0. The summed E-state index contributed by atoms with van der Waals surface area (Å²) in [6, 6.07) is 19.3. The van der Waals surface area contributed by atoms with Gasteiger partial charge < -0.3 is 23.7 Å². The van der Waals surface area contributed by atoms with Gasteiger partial charge in [-0.05, 0) is 42.5 Å². The molecule has 3 aromatic carbocycles. The third-order valence-corrected chi connectivity index (χ3v) is 5.32. The van der Waals surface area contributed by atoms with E-state index in [1.807, 2.05) is 60.7 Å². The summed E-state index contributed by atoms with van der Waals surface area (Å²) in [5.74, 6) is 4.70. The van der Waals surface area contributed by atoms with E-state index in [1.165, 1.54) is 0 Å². The Morgan fingerprint density at radius 3 is 1.62 bits per heavy atom. The predicted octanol–water partition coefficient (Wildman–Crippen LogP) is 1.33. The van der Waals surface area contributed by atoms with Crippen molar-refractivity contribution in [2.45, 2.75) is 0 Å². The van der Waals surface area contributed by atoms with Gasteiger partial charge in [-0.2, -0.15) is 0 Å². The molecule has 1 heterocycles. The zero-order valence-electron chi connectivity index (χ0n) is 20.7. The fraction of sp³-hybridized carbons (Fsp3) is 0.192. The molecule has 0 aliphatic heterocycles. The quantitative estimate of drug-likeness (QED) is 0.319. The maximum Gasteiger partial charge on any atom is 0.368 e. The normalized spacial score (nSPS) is 10.8. The van der Waals surface area contributed by atoms with Crippen LogP contribution in [0.2, 0.25) is 0 Å². The van der Waals surface area contributed by atoms with Gasteiger partial charge in [0, 0.05) is 17.5 Å². The van der Waals surface area contributed by atoms with Gasteiger partial charge in [0.05, 0.1) is 58.1 Å². The van der Waals surface area contributed by atoms with Gasteiger partial charge >= 0.3 is 11.5 Å². The second kappa shape index (κ2) is 12.0. The van der Waals surface area contributed by atoms with Gasteiger partial charge in [-0.15, -0.1) is 10.2 Å². The van der Waals surface area contributed by atoms with E-state index in [4.69, 9.17) is 46.7 Å². The van der Waals surface area contributed by atoms with Crippen LogP contribution in [-0.2, 0) is 0 Å². The van der Waals surface area contributed by atoms with Crippen LogP contribution in [0.25, 0.3) is 33.4 Å². The van der Waals surface area contributed by atoms with Gasteiger partial charge in [-0.25, -0.2) is 23.1 Å². The summed E-state index contributed by atoms with van der Waals surface area (Å²) < 4.78 is 67.6. The van der Waals surface area contributed by atoms with E-state index in [1.54, 1.807) is 35.5 Å². The van der Waals surface area contributed by atoms with Crippen molar-refractivity contribution in [3.05, 3.63) is 60.7 Å². The van der Waals surface area contributed by atoms with Crippen LogP contribution >= 0.6 is 0 Å². The number of fused-ring (bicyclic) bond motifs is 1. The van der Waals surface area contributed by atoms with Crippen molar-refractivity contribution in [3.63, 3.8) is 0 Å². The Morgan fingerprint density at radius 2 is 1.08 bits per heavy atom. The first-order valence-electron chi connectivity index (χ1n) is 10.6. The highest BCUT2D eigenvalue weighted by molar-refractivity contribution is 5.97. The Balaban J connectivity index is 0.000000695. The minimum atomic E-state index is -4.94. The number of rotatable bonds is 7. The molecular weight excluding hydrogens is 508 g/mol. The number of ether oxygens (including phenoxy) is 5. The highest BCUT2D eigenvalue weighted by atomic mass is 35.7. The van der Waals surface area contributed by atoms with Crippen LogP contribution < -0.4 is 42.3 Å². The molecule has 196 valence electrons. The summed E-state index contributed by atoms with van der Waals surface area (Å²) in [7, 11) is 3.16. The first-order valence-corrected chi connectivity index (χ1v) is 11.9. The lowest BCUT2D eigenvalue weighted by Crippen LogP contribution is -2.68. The molecule has 0 fully saturated rings. The molecule has 0 saturated heterocycles. The van der Waals surface area contributed by atoms with E-state index in [-0.39, 0.29) is 0 Å². The topological polar surface area (TPSA) is 150 Å². The van der Waals surface area contributed by atoms with Gasteiger partial charge in [-0.1, -0.05) is 0 Å². The fourth-order valence-corrected chi connectivity index (χ4v) is 3.63. The van der Waals surface area contributed by atoms with E-state index in [2.05, 4.69) is 0 Å². The van der Waals surface area contributed by atoms with E-state index >= 15 is 0 Å². The van der Waals surface area contributed by atoms with Crippen LogP contribution in [0, 0.1) is 10.2 Å². The van der Waals surface area contributed by atoms with Gasteiger partial charge in [0.25, 0.3) is 0 Å². The molecule has 0 bridgehead atoms. The number of hydrogen-bond acceptors (Lipinski definition) is 9. The van der Waals surface area contributed by atoms with Gasteiger partial charge in [0.2, 0.25) is 0 Å². The molecule has 0 radical (unpaired) electrons. The first kappa shape index (κ1) is 27.8. The molecule has 0 N–H and O–H groups in total. The smallest absolute Gasteiger partial charge is 0.368 e. The van der Waals surface area contributed by atoms with Crippen LogP contribution in [0.1, 0.15) is 0 Å². The van der Waals surface area contributed by atoms with Crippen molar-refractivity contribution in [3.8, 4) is 51.4 Å². The van der Waals surface area contributed by atoms with Crippen LogP contribution in [0.5, 0.6) is 28.7 Å². The summed E-state index contributed by atoms with van der Waals surface area (Å²) in [5, 5.41) is 1.85. The predicted molar refractivity (Wildman–Crippen MR) is 124 cm³/mol. The maximum absolute atomic E-state index is 8.49. The lowest BCUT2D eigenvalue weighted by molar-refractivity contribution is -2.00. The minimum Gasteiger partial charge on any atom is -0.497 e. The molecule has 0 amide bonds. The molecule has 0 unspecified atom stereocenters. The van der Waals surface area contributed by atoms with E-state index in [0.29, 0.717) is 34.5 Å². The summed E-state index contributed by atoms with van der Waals surface area (Å²) in [6.07, 6.45) is 0. The van der Waals surface area contributed by atoms with Crippen molar-refractivity contribution in [2.24, 2.45) is 0 Å². The first-order chi connectivity index (χ1) is 17.6. The average molecular weight is 533 g/mol. The van der Waals surface area contributed by atoms with Crippen molar-refractivity contribution in [1.82, 2.24) is 0 Å². The molecular formula is C26H25ClO10. The molecule has 10 nitrogen and oxygen atoms in total. The van der Waals surface area contributed by atoms with E-state index < -0.39 is 10.2 Å². The Kier molecular flexibility index (Phi) is 8.98. The molecule has 37 heavy (non-hydrogen) atoms. The molecule has 0 saturated carbocycles.